The Bertz CT molecular complexity index is 443. The summed E-state index contributed by atoms with van der Waals surface area (Å²) in [5, 5.41) is 19.5. The first-order valence-electron chi connectivity index (χ1n) is 5.72. The molecule has 0 spiro atoms. The predicted molar refractivity (Wildman–Crippen MR) is 74.4 cm³/mol. The van der Waals surface area contributed by atoms with E-state index in [0.29, 0.717) is 9.75 Å². The van der Waals surface area contributed by atoms with Crippen molar-refractivity contribution in [3.8, 4) is 0 Å². The Morgan fingerprint density at radius 1 is 1.42 bits per heavy atom. The highest BCUT2D eigenvalue weighted by Crippen LogP contribution is 2.27. The van der Waals surface area contributed by atoms with E-state index in [9.17, 15) is 19.8 Å². The van der Waals surface area contributed by atoms with Crippen LogP contribution in [-0.4, -0.2) is 39.8 Å². The van der Waals surface area contributed by atoms with Crippen LogP contribution in [0.2, 0.25) is 0 Å². The monoisotopic (exact) mass is 304 g/mol. The van der Waals surface area contributed by atoms with Gasteiger partial charge < -0.3 is 14.9 Å². The SMILES string of the molecule is CCOC(=O)c1ccc(C(O)C(O)CSC(C)=O)s1. The summed E-state index contributed by atoms with van der Waals surface area (Å²) in [6.45, 7) is 3.39. The number of esters is 1. The third-order valence-corrected chi connectivity index (χ3v) is 4.27. The van der Waals surface area contributed by atoms with Gasteiger partial charge in [0.15, 0.2) is 5.12 Å². The maximum atomic E-state index is 11.5. The zero-order chi connectivity index (χ0) is 14.4. The highest BCUT2D eigenvalue weighted by molar-refractivity contribution is 8.13. The number of carbonyl (C=O) groups is 2. The van der Waals surface area contributed by atoms with Crippen LogP contribution >= 0.6 is 23.1 Å². The number of carbonyl (C=O) groups excluding carboxylic acids is 2. The van der Waals surface area contributed by atoms with Crippen molar-refractivity contribution in [1.82, 2.24) is 0 Å². The molecule has 1 aromatic heterocycles. The molecule has 0 amide bonds. The summed E-state index contributed by atoms with van der Waals surface area (Å²) in [5.41, 5.74) is 0. The van der Waals surface area contributed by atoms with Gasteiger partial charge in [-0.05, 0) is 19.1 Å². The van der Waals surface area contributed by atoms with Crippen LogP contribution in [0.1, 0.15) is 34.5 Å². The molecule has 0 aliphatic carbocycles. The van der Waals surface area contributed by atoms with E-state index >= 15 is 0 Å². The quantitative estimate of drug-likeness (QED) is 0.777. The van der Waals surface area contributed by atoms with Crippen LogP contribution in [0.3, 0.4) is 0 Å². The molecule has 0 saturated heterocycles. The normalized spacial score (nSPS) is 13.9. The molecule has 0 fully saturated rings. The van der Waals surface area contributed by atoms with Crippen molar-refractivity contribution in [2.45, 2.75) is 26.1 Å². The molecule has 0 aliphatic heterocycles. The first-order chi connectivity index (χ1) is 8.95. The maximum absolute atomic E-state index is 11.5. The fourth-order valence-electron chi connectivity index (χ4n) is 1.31. The molecule has 0 aromatic carbocycles. The maximum Gasteiger partial charge on any atom is 0.348 e. The van der Waals surface area contributed by atoms with Crippen molar-refractivity contribution in [3.63, 3.8) is 0 Å². The second kappa shape index (κ2) is 7.64. The third kappa shape index (κ3) is 4.94. The van der Waals surface area contributed by atoms with Gasteiger partial charge in [0.1, 0.15) is 11.0 Å². The minimum Gasteiger partial charge on any atom is -0.462 e. The molecule has 2 N–H and O–H groups in total. The molecule has 2 atom stereocenters. The molecule has 2 unspecified atom stereocenters. The topological polar surface area (TPSA) is 83.8 Å². The van der Waals surface area contributed by atoms with Crippen LogP contribution in [-0.2, 0) is 9.53 Å². The number of hydrogen-bond donors (Lipinski definition) is 2. The zero-order valence-corrected chi connectivity index (χ0v) is 12.3. The summed E-state index contributed by atoms with van der Waals surface area (Å²) in [5.74, 6) is -0.332. The van der Waals surface area contributed by atoms with E-state index in [1.54, 1.807) is 19.1 Å². The Morgan fingerprint density at radius 2 is 2.11 bits per heavy atom. The highest BCUT2D eigenvalue weighted by atomic mass is 32.2. The molecule has 7 heteroatoms. The fourth-order valence-corrected chi connectivity index (χ4v) is 2.84. The molecule has 0 radical (unpaired) electrons. The lowest BCUT2D eigenvalue weighted by Crippen LogP contribution is -2.20. The van der Waals surface area contributed by atoms with Crippen molar-refractivity contribution in [1.29, 1.82) is 0 Å². The minimum atomic E-state index is -1.11. The summed E-state index contributed by atoms with van der Waals surface area (Å²) in [7, 11) is 0. The third-order valence-electron chi connectivity index (χ3n) is 2.22. The van der Waals surface area contributed by atoms with E-state index in [1.807, 2.05) is 0 Å². The Kier molecular flexibility index (Phi) is 6.50. The number of thioether (sulfide) groups is 1. The van der Waals surface area contributed by atoms with Gasteiger partial charge in [-0.25, -0.2) is 4.79 Å². The first-order valence-corrected chi connectivity index (χ1v) is 7.52. The lowest BCUT2D eigenvalue weighted by molar-refractivity contribution is -0.109. The Labute approximate surface area is 119 Å². The van der Waals surface area contributed by atoms with Gasteiger partial charge >= 0.3 is 5.97 Å². The van der Waals surface area contributed by atoms with Crippen LogP contribution in [0.5, 0.6) is 0 Å². The number of hydrogen-bond acceptors (Lipinski definition) is 7. The zero-order valence-electron chi connectivity index (χ0n) is 10.7. The Balaban J connectivity index is 2.64. The van der Waals surface area contributed by atoms with Crippen LogP contribution < -0.4 is 0 Å². The van der Waals surface area contributed by atoms with Gasteiger partial charge in [0.05, 0.1) is 12.7 Å². The summed E-state index contributed by atoms with van der Waals surface area (Å²) >= 11 is 2.02. The molecule has 5 nitrogen and oxygen atoms in total. The van der Waals surface area contributed by atoms with E-state index in [1.165, 1.54) is 6.92 Å². The van der Waals surface area contributed by atoms with E-state index in [2.05, 4.69) is 0 Å². The lowest BCUT2D eigenvalue weighted by atomic mass is 10.2. The van der Waals surface area contributed by atoms with Crippen LogP contribution in [0.15, 0.2) is 12.1 Å². The van der Waals surface area contributed by atoms with E-state index in [4.69, 9.17) is 4.74 Å². The Hall–Kier alpha value is -0.890. The molecule has 1 rings (SSSR count). The number of ether oxygens (including phenoxy) is 1. The van der Waals surface area contributed by atoms with Gasteiger partial charge in [-0.15, -0.1) is 11.3 Å². The average molecular weight is 304 g/mol. The van der Waals surface area contributed by atoms with Crippen LogP contribution in [0.4, 0.5) is 0 Å². The van der Waals surface area contributed by atoms with Gasteiger partial charge in [0.25, 0.3) is 0 Å². The molecule has 0 aliphatic rings. The van der Waals surface area contributed by atoms with Crippen molar-refractivity contribution in [2.75, 3.05) is 12.4 Å². The number of aliphatic hydroxyl groups is 2. The second-order valence-electron chi connectivity index (χ2n) is 3.74. The number of rotatable bonds is 6. The van der Waals surface area contributed by atoms with E-state index < -0.39 is 18.2 Å². The van der Waals surface area contributed by atoms with Crippen molar-refractivity contribution in [2.24, 2.45) is 0 Å². The van der Waals surface area contributed by atoms with E-state index in [-0.39, 0.29) is 17.5 Å². The summed E-state index contributed by atoms with van der Waals surface area (Å²) in [6.07, 6.45) is -2.16. The number of aliphatic hydroxyl groups excluding tert-OH is 2. The van der Waals surface area contributed by atoms with Crippen molar-refractivity contribution >= 4 is 34.2 Å². The smallest absolute Gasteiger partial charge is 0.348 e. The van der Waals surface area contributed by atoms with Gasteiger partial charge in [0.2, 0.25) is 0 Å². The average Bonchev–Trinajstić information content (AvgIpc) is 2.84. The molecule has 0 bridgehead atoms. The van der Waals surface area contributed by atoms with Gasteiger partial charge in [0, 0.05) is 17.6 Å². The summed E-state index contributed by atoms with van der Waals surface area (Å²) in [4.78, 5) is 23.1. The predicted octanol–water partition coefficient (Wildman–Crippen LogP) is 1.60. The number of thiophene rings is 1. The fraction of sp³-hybridized carbons (Fsp3) is 0.500. The molecular weight excluding hydrogens is 288 g/mol. The first kappa shape index (κ1) is 16.2. The molecule has 106 valence electrons. The second-order valence-corrected chi connectivity index (χ2v) is 6.05. The van der Waals surface area contributed by atoms with Gasteiger partial charge in [-0.1, -0.05) is 11.8 Å². The molecule has 1 heterocycles. The van der Waals surface area contributed by atoms with Gasteiger partial charge in [-0.2, -0.15) is 0 Å². The standard InChI is InChI=1S/C12H16O5S2/c1-3-17-12(16)10-5-4-9(19-10)11(15)8(14)6-18-7(2)13/h4-5,8,11,14-15H,3,6H2,1-2H3. The lowest BCUT2D eigenvalue weighted by Gasteiger charge is -2.15. The molecule has 1 aromatic rings. The van der Waals surface area contributed by atoms with Crippen molar-refractivity contribution < 1.29 is 24.5 Å². The highest BCUT2D eigenvalue weighted by Gasteiger charge is 2.22. The van der Waals surface area contributed by atoms with Crippen molar-refractivity contribution in [3.05, 3.63) is 21.9 Å². The van der Waals surface area contributed by atoms with Gasteiger partial charge in [-0.3, -0.25) is 4.79 Å². The summed E-state index contributed by atoms with van der Waals surface area (Å²) in [6, 6.07) is 3.12. The molecule has 19 heavy (non-hydrogen) atoms. The minimum absolute atomic E-state index is 0.114. The van der Waals surface area contributed by atoms with Crippen LogP contribution in [0.25, 0.3) is 0 Å². The largest absolute Gasteiger partial charge is 0.462 e. The molecule has 0 saturated carbocycles. The summed E-state index contributed by atoms with van der Waals surface area (Å²) < 4.78 is 4.84. The molecular formula is C12H16O5S2. The Morgan fingerprint density at radius 3 is 2.68 bits per heavy atom. The van der Waals surface area contributed by atoms with E-state index in [0.717, 1.165) is 23.1 Å². The van der Waals surface area contributed by atoms with Crippen LogP contribution in [0, 0.1) is 0 Å².